The Morgan fingerprint density at radius 2 is 1.09 bits per heavy atom. The Morgan fingerprint density at radius 3 is 1.91 bits per heavy atom. The van der Waals surface area contributed by atoms with Crippen molar-refractivity contribution in [2.75, 3.05) is 4.90 Å². The van der Waals surface area contributed by atoms with Crippen molar-refractivity contribution >= 4 is 38.9 Å². The molecule has 0 saturated heterocycles. The largest absolute Gasteiger partial charge is 0.309 e. The van der Waals surface area contributed by atoms with E-state index < -0.39 is 0 Å². The van der Waals surface area contributed by atoms with Crippen LogP contribution in [0.4, 0.5) is 17.1 Å². The second-order valence-corrected chi connectivity index (χ2v) is 13.0. The standard InChI is InChI=1S/C45H34N2/c1-45(2)38-23-12-9-22-37(38)44-39(45)24-15-27-42(44)47(40-25-13-10-20-34(40)31-16-5-3-6-17-31)33-28-29-36-35-21-11-14-26-41(35)46(43(36)30-33)32-18-7-4-8-19-32/h3-30H,1-2H3. The van der Waals surface area contributed by atoms with E-state index in [0.29, 0.717) is 0 Å². The molecule has 0 amide bonds. The molecule has 1 aliphatic rings. The second-order valence-electron chi connectivity index (χ2n) is 13.0. The van der Waals surface area contributed by atoms with Crippen LogP contribution in [0.15, 0.2) is 170 Å². The zero-order valence-electron chi connectivity index (χ0n) is 26.6. The van der Waals surface area contributed by atoms with Crippen molar-refractivity contribution in [2.45, 2.75) is 19.3 Å². The Morgan fingerprint density at radius 1 is 0.468 bits per heavy atom. The van der Waals surface area contributed by atoms with Gasteiger partial charge in [-0.2, -0.15) is 0 Å². The Kier molecular flexibility index (Phi) is 6.20. The first-order valence-electron chi connectivity index (χ1n) is 16.4. The predicted octanol–water partition coefficient (Wildman–Crippen LogP) is 12.2. The summed E-state index contributed by atoms with van der Waals surface area (Å²) >= 11 is 0. The molecule has 0 atom stereocenters. The lowest BCUT2D eigenvalue weighted by atomic mass is 9.82. The second kappa shape index (κ2) is 10.6. The van der Waals surface area contributed by atoms with Gasteiger partial charge < -0.3 is 9.47 Å². The smallest absolute Gasteiger partial charge is 0.0561 e. The van der Waals surface area contributed by atoms with Gasteiger partial charge in [0.05, 0.1) is 22.4 Å². The summed E-state index contributed by atoms with van der Waals surface area (Å²) in [6.45, 7) is 4.71. The maximum Gasteiger partial charge on any atom is 0.0561 e. The van der Waals surface area contributed by atoms with E-state index in [1.54, 1.807) is 0 Å². The van der Waals surface area contributed by atoms with E-state index in [9.17, 15) is 0 Å². The number of hydrogen-bond acceptors (Lipinski definition) is 1. The van der Waals surface area contributed by atoms with Gasteiger partial charge in [-0.15, -0.1) is 0 Å². The van der Waals surface area contributed by atoms with Crippen molar-refractivity contribution in [3.63, 3.8) is 0 Å². The molecule has 2 nitrogen and oxygen atoms in total. The summed E-state index contributed by atoms with van der Waals surface area (Å²) in [6.07, 6.45) is 0. The molecule has 1 heterocycles. The number of para-hydroxylation sites is 3. The average Bonchev–Trinajstić information content (AvgIpc) is 3.58. The van der Waals surface area contributed by atoms with Gasteiger partial charge in [0.25, 0.3) is 0 Å². The van der Waals surface area contributed by atoms with Gasteiger partial charge in [-0.05, 0) is 64.7 Å². The van der Waals surface area contributed by atoms with Crippen LogP contribution in [0.25, 0.3) is 49.7 Å². The summed E-state index contributed by atoms with van der Waals surface area (Å²) in [5.74, 6) is 0. The summed E-state index contributed by atoms with van der Waals surface area (Å²) in [5.41, 5.74) is 14.6. The molecule has 0 aliphatic heterocycles. The van der Waals surface area contributed by atoms with Gasteiger partial charge in [0.15, 0.2) is 0 Å². The number of rotatable bonds is 5. The van der Waals surface area contributed by atoms with E-state index in [1.165, 1.54) is 60.9 Å². The Balaban J connectivity index is 1.38. The fraction of sp³-hybridized carbons (Fsp3) is 0.0667. The third-order valence-corrected chi connectivity index (χ3v) is 9.99. The van der Waals surface area contributed by atoms with Crippen LogP contribution in [0.5, 0.6) is 0 Å². The quantitative estimate of drug-likeness (QED) is 0.190. The van der Waals surface area contributed by atoms with E-state index in [-0.39, 0.29) is 5.41 Å². The fourth-order valence-electron chi connectivity index (χ4n) is 7.81. The normalized spacial score (nSPS) is 13.1. The molecule has 0 bridgehead atoms. The van der Waals surface area contributed by atoms with Gasteiger partial charge in [-0.1, -0.05) is 141 Å². The van der Waals surface area contributed by atoms with Gasteiger partial charge >= 0.3 is 0 Å². The molecule has 0 radical (unpaired) electrons. The number of aromatic nitrogens is 1. The Hall–Kier alpha value is -5.86. The molecule has 1 aromatic heterocycles. The van der Waals surface area contributed by atoms with E-state index >= 15 is 0 Å². The van der Waals surface area contributed by atoms with Crippen molar-refractivity contribution in [1.29, 1.82) is 0 Å². The van der Waals surface area contributed by atoms with E-state index in [2.05, 4.69) is 193 Å². The molecule has 0 fully saturated rings. The zero-order valence-corrected chi connectivity index (χ0v) is 26.6. The van der Waals surface area contributed by atoms with Crippen LogP contribution in [-0.2, 0) is 5.41 Å². The van der Waals surface area contributed by atoms with Gasteiger partial charge in [0.1, 0.15) is 0 Å². The highest BCUT2D eigenvalue weighted by Gasteiger charge is 2.38. The average molecular weight is 603 g/mol. The number of anilines is 3. The van der Waals surface area contributed by atoms with Crippen LogP contribution in [-0.4, -0.2) is 4.57 Å². The molecule has 0 N–H and O–H groups in total. The van der Waals surface area contributed by atoms with E-state index in [4.69, 9.17) is 0 Å². The molecule has 0 unspecified atom stereocenters. The maximum atomic E-state index is 2.49. The zero-order chi connectivity index (χ0) is 31.5. The van der Waals surface area contributed by atoms with Crippen molar-refractivity contribution in [3.8, 4) is 27.9 Å². The Labute approximate surface area is 275 Å². The van der Waals surface area contributed by atoms with Crippen molar-refractivity contribution in [1.82, 2.24) is 4.57 Å². The van der Waals surface area contributed by atoms with E-state index in [0.717, 1.165) is 17.1 Å². The summed E-state index contributed by atoms with van der Waals surface area (Å²) in [5, 5.41) is 2.50. The number of fused-ring (bicyclic) bond motifs is 6. The van der Waals surface area contributed by atoms with Crippen LogP contribution in [0.2, 0.25) is 0 Å². The molecule has 9 rings (SSSR count). The molecule has 1 aliphatic carbocycles. The lowest BCUT2D eigenvalue weighted by Crippen LogP contribution is -2.16. The minimum Gasteiger partial charge on any atom is -0.309 e. The van der Waals surface area contributed by atoms with Gasteiger partial charge in [-0.3, -0.25) is 0 Å². The molecule has 47 heavy (non-hydrogen) atoms. The van der Waals surface area contributed by atoms with Crippen molar-refractivity contribution in [2.24, 2.45) is 0 Å². The van der Waals surface area contributed by atoms with Gasteiger partial charge in [-0.25, -0.2) is 0 Å². The highest BCUT2D eigenvalue weighted by molar-refractivity contribution is 6.11. The molecular weight excluding hydrogens is 569 g/mol. The van der Waals surface area contributed by atoms with Crippen LogP contribution in [0.1, 0.15) is 25.0 Å². The van der Waals surface area contributed by atoms with E-state index in [1.807, 2.05) is 0 Å². The maximum absolute atomic E-state index is 2.49. The lowest BCUT2D eigenvalue weighted by molar-refractivity contribution is 0.660. The first-order valence-corrected chi connectivity index (χ1v) is 16.4. The summed E-state index contributed by atoms with van der Waals surface area (Å²) in [6, 6.07) is 61.8. The summed E-state index contributed by atoms with van der Waals surface area (Å²) in [4.78, 5) is 2.49. The van der Waals surface area contributed by atoms with Crippen LogP contribution >= 0.6 is 0 Å². The number of benzene rings is 7. The highest BCUT2D eigenvalue weighted by Crippen LogP contribution is 2.55. The minimum atomic E-state index is -0.101. The number of nitrogens with zero attached hydrogens (tertiary/aromatic N) is 2. The predicted molar refractivity (Wildman–Crippen MR) is 198 cm³/mol. The highest BCUT2D eigenvalue weighted by atomic mass is 15.2. The minimum absolute atomic E-state index is 0.101. The molecule has 7 aromatic carbocycles. The number of hydrogen-bond donors (Lipinski definition) is 0. The molecule has 2 heteroatoms. The molecule has 0 saturated carbocycles. The lowest BCUT2D eigenvalue weighted by Gasteiger charge is -2.30. The SMILES string of the molecule is CC1(C)c2ccccc2-c2c(N(c3ccc4c5ccccc5n(-c5ccccc5)c4c3)c3ccccc3-c3ccccc3)cccc21. The fourth-order valence-corrected chi connectivity index (χ4v) is 7.81. The third kappa shape index (κ3) is 4.18. The van der Waals surface area contributed by atoms with Crippen molar-refractivity contribution < 1.29 is 0 Å². The monoisotopic (exact) mass is 602 g/mol. The van der Waals surface area contributed by atoms with Gasteiger partial charge in [0.2, 0.25) is 0 Å². The first-order chi connectivity index (χ1) is 23.1. The Bertz CT molecular complexity index is 2430. The molecule has 8 aromatic rings. The van der Waals surface area contributed by atoms with Gasteiger partial charge in [0, 0.05) is 38.7 Å². The summed E-state index contributed by atoms with van der Waals surface area (Å²) in [7, 11) is 0. The van der Waals surface area contributed by atoms with Crippen molar-refractivity contribution in [3.05, 3.63) is 181 Å². The topological polar surface area (TPSA) is 8.17 Å². The molecular formula is C45H34N2. The summed E-state index contributed by atoms with van der Waals surface area (Å²) < 4.78 is 2.41. The molecule has 0 spiro atoms. The van der Waals surface area contributed by atoms with Crippen LogP contribution < -0.4 is 4.90 Å². The van der Waals surface area contributed by atoms with Crippen LogP contribution in [0, 0.1) is 0 Å². The van der Waals surface area contributed by atoms with Crippen LogP contribution in [0.3, 0.4) is 0 Å². The molecule has 224 valence electrons. The third-order valence-electron chi connectivity index (χ3n) is 9.99. The first kappa shape index (κ1) is 27.5.